The highest BCUT2D eigenvalue weighted by atomic mass is 16.6. The molecule has 0 bridgehead atoms. The predicted octanol–water partition coefficient (Wildman–Crippen LogP) is 3.42. The zero-order chi connectivity index (χ0) is 25.8. The molecule has 3 aliphatic rings. The molecule has 1 N–H and O–H groups in total. The molecule has 10 heteroatoms. The highest BCUT2D eigenvalue weighted by Crippen LogP contribution is 2.53. The van der Waals surface area contributed by atoms with Gasteiger partial charge in [0, 0.05) is 17.8 Å². The molecule has 0 unspecified atom stereocenters. The van der Waals surface area contributed by atoms with Crippen LogP contribution in [0.4, 0.5) is 17.1 Å². The van der Waals surface area contributed by atoms with Gasteiger partial charge in [0.25, 0.3) is 5.69 Å². The molecular formula is C27H21N5O5. The van der Waals surface area contributed by atoms with Crippen molar-refractivity contribution in [3.63, 3.8) is 0 Å². The van der Waals surface area contributed by atoms with E-state index in [0.29, 0.717) is 11.3 Å². The first-order valence-electron chi connectivity index (χ1n) is 11.8. The van der Waals surface area contributed by atoms with Gasteiger partial charge in [-0.05, 0) is 41.8 Å². The topological polar surface area (TPSA) is 125 Å². The summed E-state index contributed by atoms with van der Waals surface area (Å²) in [5.74, 6) is -3.26. The number of hydrogen-bond acceptors (Lipinski definition) is 7. The minimum absolute atomic E-state index is 0.137. The summed E-state index contributed by atoms with van der Waals surface area (Å²) in [5, 5.41) is 20.2. The Labute approximate surface area is 211 Å². The molecule has 10 nitrogen and oxygen atoms in total. The second-order valence-corrected chi connectivity index (χ2v) is 9.29. The summed E-state index contributed by atoms with van der Waals surface area (Å²) in [5.41, 5.74) is 2.75. The Morgan fingerprint density at radius 1 is 0.973 bits per heavy atom. The van der Waals surface area contributed by atoms with Crippen LogP contribution in [-0.2, 0) is 14.4 Å². The van der Waals surface area contributed by atoms with Gasteiger partial charge in [-0.1, -0.05) is 42.5 Å². The number of nitrogens with zero attached hydrogens (tertiary/aromatic N) is 4. The summed E-state index contributed by atoms with van der Waals surface area (Å²) in [6, 6.07) is 18.7. The first-order valence-corrected chi connectivity index (χ1v) is 11.8. The van der Waals surface area contributed by atoms with Gasteiger partial charge < -0.3 is 5.32 Å². The van der Waals surface area contributed by atoms with Gasteiger partial charge in [0.15, 0.2) is 0 Å². The maximum Gasteiger partial charge on any atom is 0.269 e. The molecule has 3 aromatic rings. The maximum atomic E-state index is 13.9. The van der Waals surface area contributed by atoms with Crippen molar-refractivity contribution in [1.82, 2.24) is 5.01 Å². The fourth-order valence-corrected chi connectivity index (χ4v) is 5.65. The van der Waals surface area contributed by atoms with E-state index in [1.165, 1.54) is 18.2 Å². The smallest absolute Gasteiger partial charge is 0.269 e. The lowest BCUT2D eigenvalue weighted by molar-refractivity contribution is -0.384. The number of carbonyl (C=O) groups is 3. The number of hydrogen-bond donors (Lipinski definition) is 1. The summed E-state index contributed by atoms with van der Waals surface area (Å²) in [7, 11) is 0. The number of rotatable bonds is 4. The molecule has 2 fully saturated rings. The number of benzene rings is 3. The molecule has 37 heavy (non-hydrogen) atoms. The van der Waals surface area contributed by atoms with E-state index in [-0.39, 0.29) is 11.4 Å². The SMILES string of the molecule is Cc1cc([N+](=O)[O-])ccc1N1C(=O)[C@@H]2[C@H](C1=O)[C@H](C(=O)Nc1ccccc1)N1N=Cc3ccccc3[C@@H]21. The zero-order valence-corrected chi connectivity index (χ0v) is 19.6. The van der Waals surface area contributed by atoms with E-state index in [2.05, 4.69) is 10.4 Å². The molecule has 3 aliphatic heterocycles. The van der Waals surface area contributed by atoms with Gasteiger partial charge in [0.05, 0.1) is 34.7 Å². The monoisotopic (exact) mass is 495 g/mol. The highest BCUT2D eigenvalue weighted by Gasteiger charge is 2.65. The summed E-state index contributed by atoms with van der Waals surface area (Å²) >= 11 is 0. The molecule has 184 valence electrons. The molecule has 0 aliphatic carbocycles. The summed E-state index contributed by atoms with van der Waals surface area (Å²) in [4.78, 5) is 53.2. The Bertz CT molecular complexity index is 1500. The van der Waals surface area contributed by atoms with Gasteiger partial charge in [0.2, 0.25) is 17.7 Å². The van der Waals surface area contributed by atoms with E-state index in [1.807, 2.05) is 30.3 Å². The Hall–Kier alpha value is -4.86. The third kappa shape index (κ3) is 3.40. The van der Waals surface area contributed by atoms with Gasteiger partial charge in [-0.15, -0.1) is 0 Å². The Kier molecular flexibility index (Phi) is 5.11. The fourth-order valence-electron chi connectivity index (χ4n) is 5.65. The third-order valence-corrected chi connectivity index (χ3v) is 7.24. The Morgan fingerprint density at radius 2 is 1.68 bits per heavy atom. The van der Waals surface area contributed by atoms with Gasteiger partial charge in [-0.3, -0.25) is 29.5 Å². The number of nitrogens with one attached hydrogen (secondary N) is 1. The normalized spacial score (nSPS) is 23.5. The number of imide groups is 1. The van der Waals surface area contributed by atoms with Crippen LogP contribution < -0.4 is 10.2 Å². The average Bonchev–Trinajstić information content (AvgIpc) is 3.37. The number of non-ortho nitro benzene ring substituents is 1. The van der Waals surface area contributed by atoms with Crippen molar-refractivity contribution in [2.45, 2.75) is 19.0 Å². The van der Waals surface area contributed by atoms with E-state index in [1.54, 1.807) is 42.4 Å². The molecule has 3 heterocycles. The quantitative estimate of drug-likeness (QED) is 0.336. The molecule has 4 atom stereocenters. The Morgan fingerprint density at radius 3 is 2.41 bits per heavy atom. The minimum Gasteiger partial charge on any atom is -0.324 e. The molecule has 0 radical (unpaired) electrons. The molecule has 6 rings (SSSR count). The molecule has 2 saturated heterocycles. The van der Waals surface area contributed by atoms with Crippen molar-refractivity contribution in [3.8, 4) is 0 Å². The van der Waals surface area contributed by atoms with E-state index in [0.717, 1.165) is 16.0 Å². The van der Waals surface area contributed by atoms with E-state index < -0.39 is 46.6 Å². The molecule has 3 aromatic carbocycles. The van der Waals surface area contributed by atoms with Crippen LogP contribution in [0.25, 0.3) is 0 Å². The van der Waals surface area contributed by atoms with E-state index >= 15 is 0 Å². The number of amides is 3. The number of para-hydroxylation sites is 1. The second-order valence-electron chi connectivity index (χ2n) is 9.29. The van der Waals surface area contributed by atoms with Crippen molar-refractivity contribution in [1.29, 1.82) is 0 Å². The van der Waals surface area contributed by atoms with E-state index in [9.17, 15) is 24.5 Å². The zero-order valence-electron chi connectivity index (χ0n) is 19.6. The highest BCUT2D eigenvalue weighted by molar-refractivity contribution is 6.24. The van der Waals surface area contributed by atoms with Crippen LogP contribution in [0, 0.1) is 28.9 Å². The molecular weight excluding hydrogens is 474 g/mol. The number of carbonyl (C=O) groups excluding carboxylic acids is 3. The standard InChI is InChI=1S/C27H21N5O5/c1-15-13-18(32(36)37)11-12-20(15)30-26(34)21-22(27(30)35)24(25(33)29-17-8-3-2-4-9-17)31-23(21)19-10-6-5-7-16(19)14-28-31/h2-14,21-24H,1H3,(H,29,33)/t21-,22+,23+,24-/m1/s1. The van der Waals surface area contributed by atoms with Gasteiger partial charge in [-0.25, -0.2) is 4.90 Å². The molecule has 0 aromatic heterocycles. The van der Waals surface area contributed by atoms with Gasteiger partial charge in [0.1, 0.15) is 6.04 Å². The maximum absolute atomic E-state index is 13.9. The van der Waals surface area contributed by atoms with Crippen LogP contribution in [0.15, 0.2) is 77.9 Å². The average molecular weight is 495 g/mol. The largest absolute Gasteiger partial charge is 0.324 e. The van der Waals surface area contributed by atoms with Gasteiger partial charge in [-0.2, -0.15) is 5.10 Å². The Balaban J connectivity index is 1.45. The molecule has 3 amide bonds. The summed E-state index contributed by atoms with van der Waals surface area (Å²) < 4.78 is 0. The predicted molar refractivity (Wildman–Crippen MR) is 135 cm³/mol. The number of fused-ring (bicyclic) bond motifs is 5. The van der Waals surface area contributed by atoms with Crippen molar-refractivity contribution >= 4 is 41.0 Å². The molecule has 0 saturated carbocycles. The fraction of sp³-hybridized carbons (Fsp3) is 0.185. The van der Waals surface area contributed by atoms with Crippen LogP contribution in [0.2, 0.25) is 0 Å². The van der Waals surface area contributed by atoms with Crippen molar-refractivity contribution in [2.24, 2.45) is 16.9 Å². The van der Waals surface area contributed by atoms with Crippen LogP contribution in [0.1, 0.15) is 22.7 Å². The van der Waals surface area contributed by atoms with Crippen LogP contribution in [-0.4, -0.2) is 39.9 Å². The minimum atomic E-state index is -1.03. The first kappa shape index (κ1) is 22.6. The first-order chi connectivity index (χ1) is 17.9. The lowest BCUT2D eigenvalue weighted by atomic mass is 9.85. The third-order valence-electron chi connectivity index (χ3n) is 7.24. The lowest BCUT2D eigenvalue weighted by Crippen LogP contribution is -2.46. The van der Waals surface area contributed by atoms with Crippen molar-refractivity contribution < 1.29 is 19.3 Å². The second kappa shape index (κ2) is 8.37. The number of anilines is 2. The van der Waals surface area contributed by atoms with Crippen molar-refractivity contribution in [2.75, 3.05) is 10.2 Å². The summed E-state index contributed by atoms with van der Waals surface area (Å²) in [6.45, 7) is 1.61. The van der Waals surface area contributed by atoms with Crippen LogP contribution in [0.3, 0.4) is 0 Å². The van der Waals surface area contributed by atoms with Crippen LogP contribution >= 0.6 is 0 Å². The number of aryl methyl sites for hydroxylation is 1. The van der Waals surface area contributed by atoms with Crippen LogP contribution in [0.5, 0.6) is 0 Å². The molecule has 0 spiro atoms. The van der Waals surface area contributed by atoms with Crippen molar-refractivity contribution in [3.05, 3.63) is 99.6 Å². The summed E-state index contributed by atoms with van der Waals surface area (Å²) in [6.07, 6.45) is 1.64. The van der Waals surface area contributed by atoms with E-state index in [4.69, 9.17) is 0 Å². The number of nitro groups is 1. The lowest BCUT2D eigenvalue weighted by Gasteiger charge is -2.33. The number of hydrazone groups is 1. The number of nitro benzene ring substituents is 1. The van der Waals surface area contributed by atoms with Gasteiger partial charge >= 0.3 is 0 Å².